The zero-order valence-electron chi connectivity index (χ0n) is 11.9. The molecule has 2 atom stereocenters. The quantitative estimate of drug-likeness (QED) is 0.842. The Morgan fingerprint density at radius 1 is 1.42 bits per heavy atom. The van der Waals surface area contributed by atoms with Gasteiger partial charge in [0.25, 0.3) is 0 Å². The number of methoxy groups -OCH3 is 1. The van der Waals surface area contributed by atoms with Crippen molar-refractivity contribution in [2.75, 3.05) is 26.7 Å². The van der Waals surface area contributed by atoms with Gasteiger partial charge in [-0.2, -0.15) is 0 Å². The molecule has 2 unspecified atom stereocenters. The molecular weight excluding hydrogens is 254 g/mol. The van der Waals surface area contributed by atoms with Gasteiger partial charge in [-0.25, -0.2) is 0 Å². The highest BCUT2D eigenvalue weighted by Gasteiger charge is 2.32. The molecule has 3 heteroatoms. The molecule has 0 amide bonds. The predicted octanol–water partition coefficient (Wildman–Crippen LogP) is 3.20. The van der Waals surface area contributed by atoms with Crippen LogP contribution in [0.15, 0.2) is 29.2 Å². The SMILES string of the molecule is COC1(C)CCCN(CC2Cc3ccccc3S2)C1. The van der Waals surface area contributed by atoms with Crippen LogP contribution in [0.25, 0.3) is 0 Å². The Morgan fingerprint density at radius 3 is 3.05 bits per heavy atom. The molecule has 0 aliphatic carbocycles. The highest BCUT2D eigenvalue weighted by molar-refractivity contribution is 8.00. The topological polar surface area (TPSA) is 12.5 Å². The first-order chi connectivity index (χ1) is 9.18. The molecule has 0 radical (unpaired) electrons. The third-order valence-electron chi connectivity index (χ3n) is 4.41. The van der Waals surface area contributed by atoms with Gasteiger partial charge in [0.1, 0.15) is 0 Å². The van der Waals surface area contributed by atoms with Crippen LogP contribution in [-0.4, -0.2) is 42.5 Å². The molecule has 0 aromatic heterocycles. The average molecular weight is 277 g/mol. The van der Waals surface area contributed by atoms with Crippen LogP contribution < -0.4 is 0 Å². The standard InChI is InChI=1S/C16H23NOS/c1-16(18-2)8-5-9-17(12-16)11-14-10-13-6-3-4-7-15(13)19-14/h3-4,6-7,14H,5,8-12H2,1-2H3. The number of nitrogens with zero attached hydrogens (tertiary/aromatic N) is 1. The second kappa shape index (κ2) is 5.47. The molecule has 0 spiro atoms. The zero-order chi connectivity index (χ0) is 13.3. The molecule has 2 nitrogen and oxygen atoms in total. The van der Waals surface area contributed by atoms with Crippen LogP contribution in [0.5, 0.6) is 0 Å². The fraction of sp³-hybridized carbons (Fsp3) is 0.625. The van der Waals surface area contributed by atoms with Crippen LogP contribution in [0, 0.1) is 0 Å². The van der Waals surface area contributed by atoms with E-state index in [1.165, 1.54) is 42.8 Å². The summed E-state index contributed by atoms with van der Waals surface area (Å²) < 4.78 is 5.69. The summed E-state index contributed by atoms with van der Waals surface area (Å²) in [6.45, 7) is 5.75. The molecule has 2 aliphatic rings. The molecule has 19 heavy (non-hydrogen) atoms. The number of ether oxygens (including phenoxy) is 1. The number of hydrogen-bond acceptors (Lipinski definition) is 3. The van der Waals surface area contributed by atoms with Gasteiger partial charge in [0.2, 0.25) is 0 Å². The molecule has 1 aromatic carbocycles. The summed E-state index contributed by atoms with van der Waals surface area (Å²) in [7, 11) is 1.85. The molecule has 0 saturated carbocycles. The van der Waals surface area contributed by atoms with Crippen molar-refractivity contribution in [1.29, 1.82) is 0 Å². The molecule has 2 heterocycles. The minimum Gasteiger partial charge on any atom is -0.377 e. The maximum absolute atomic E-state index is 5.69. The lowest BCUT2D eigenvalue weighted by Crippen LogP contribution is -2.49. The first-order valence-corrected chi connectivity index (χ1v) is 8.09. The Hall–Kier alpha value is -0.510. The van der Waals surface area contributed by atoms with E-state index in [9.17, 15) is 0 Å². The van der Waals surface area contributed by atoms with Crippen LogP contribution >= 0.6 is 11.8 Å². The van der Waals surface area contributed by atoms with Crippen LogP contribution in [0.1, 0.15) is 25.3 Å². The van der Waals surface area contributed by atoms with Crippen molar-refractivity contribution in [2.24, 2.45) is 0 Å². The molecule has 1 aromatic rings. The van der Waals surface area contributed by atoms with Crippen molar-refractivity contribution in [1.82, 2.24) is 4.90 Å². The first kappa shape index (κ1) is 13.5. The number of likely N-dealkylation sites (tertiary alicyclic amines) is 1. The molecular formula is C16H23NOS. The third kappa shape index (κ3) is 2.99. The van der Waals surface area contributed by atoms with E-state index in [1.54, 1.807) is 0 Å². The summed E-state index contributed by atoms with van der Waals surface area (Å²) in [6.07, 6.45) is 3.67. The lowest BCUT2D eigenvalue weighted by Gasteiger charge is -2.40. The van der Waals surface area contributed by atoms with E-state index in [-0.39, 0.29) is 5.60 Å². The summed E-state index contributed by atoms with van der Waals surface area (Å²) in [4.78, 5) is 4.08. The summed E-state index contributed by atoms with van der Waals surface area (Å²) in [6, 6.07) is 8.84. The summed E-state index contributed by atoms with van der Waals surface area (Å²) in [5, 5.41) is 0.719. The van der Waals surface area contributed by atoms with Crippen molar-refractivity contribution in [3.05, 3.63) is 29.8 Å². The van der Waals surface area contributed by atoms with E-state index in [2.05, 4.69) is 47.9 Å². The third-order valence-corrected chi connectivity index (χ3v) is 5.71. The number of piperidine rings is 1. The molecule has 0 bridgehead atoms. The van der Waals surface area contributed by atoms with Gasteiger partial charge in [0.05, 0.1) is 5.60 Å². The van der Waals surface area contributed by atoms with Crippen LogP contribution in [0.2, 0.25) is 0 Å². The summed E-state index contributed by atoms with van der Waals surface area (Å²) >= 11 is 2.06. The van der Waals surface area contributed by atoms with Crippen molar-refractivity contribution in [3.63, 3.8) is 0 Å². The summed E-state index contributed by atoms with van der Waals surface area (Å²) in [5.41, 5.74) is 1.60. The van der Waals surface area contributed by atoms with Gasteiger partial charge in [-0.3, -0.25) is 4.90 Å². The first-order valence-electron chi connectivity index (χ1n) is 7.21. The number of rotatable bonds is 3. The van der Waals surface area contributed by atoms with Gasteiger partial charge in [0, 0.05) is 30.3 Å². The van der Waals surface area contributed by atoms with E-state index < -0.39 is 0 Å². The zero-order valence-corrected chi connectivity index (χ0v) is 12.7. The van der Waals surface area contributed by atoms with Crippen molar-refractivity contribution in [2.45, 2.75) is 41.9 Å². The van der Waals surface area contributed by atoms with Crippen LogP contribution in [-0.2, 0) is 11.2 Å². The Kier molecular flexibility index (Phi) is 3.88. The minimum absolute atomic E-state index is 0.0639. The van der Waals surface area contributed by atoms with Gasteiger partial charge >= 0.3 is 0 Å². The fourth-order valence-corrected chi connectivity index (χ4v) is 4.64. The number of thioether (sulfide) groups is 1. The minimum atomic E-state index is 0.0639. The van der Waals surface area contributed by atoms with E-state index in [1.807, 2.05) is 7.11 Å². The molecule has 104 valence electrons. The number of benzene rings is 1. The normalized spacial score (nSPS) is 31.4. The molecule has 1 fully saturated rings. The van der Waals surface area contributed by atoms with E-state index in [0.29, 0.717) is 0 Å². The Bertz CT molecular complexity index is 425. The Morgan fingerprint density at radius 2 is 2.26 bits per heavy atom. The van der Waals surface area contributed by atoms with E-state index in [0.717, 1.165) is 11.8 Å². The molecule has 2 aliphatic heterocycles. The number of hydrogen-bond donors (Lipinski definition) is 0. The van der Waals surface area contributed by atoms with Crippen LogP contribution in [0.4, 0.5) is 0 Å². The van der Waals surface area contributed by atoms with Gasteiger partial charge in [0.15, 0.2) is 0 Å². The summed E-state index contributed by atoms with van der Waals surface area (Å²) in [5.74, 6) is 0. The van der Waals surface area contributed by atoms with Gasteiger partial charge in [-0.1, -0.05) is 18.2 Å². The van der Waals surface area contributed by atoms with E-state index in [4.69, 9.17) is 4.74 Å². The molecule has 3 rings (SSSR count). The van der Waals surface area contributed by atoms with Crippen molar-refractivity contribution >= 4 is 11.8 Å². The highest BCUT2D eigenvalue weighted by Crippen LogP contribution is 2.37. The lowest BCUT2D eigenvalue weighted by molar-refractivity contribution is -0.0503. The van der Waals surface area contributed by atoms with Crippen molar-refractivity contribution in [3.8, 4) is 0 Å². The monoisotopic (exact) mass is 277 g/mol. The fourth-order valence-electron chi connectivity index (χ4n) is 3.27. The number of fused-ring (bicyclic) bond motifs is 1. The second-order valence-electron chi connectivity index (χ2n) is 6.04. The second-order valence-corrected chi connectivity index (χ2v) is 7.39. The van der Waals surface area contributed by atoms with Gasteiger partial charge in [-0.05, 0) is 44.4 Å². The molecule has 0 N–H and O–H groups in total. The van der Waals surface area contributed by atoms with Gasteiger partial charge in [-0.15, -0.1) is 11.8 Å². The maximum atomic E-state index is 5.69. The predicted molar refractivity (Wildman–Crippen MR) is 80.9 cm³/mol. The average Bonchev–Trinajstić information content (AvgIpc) is 2.81. The largest absolute Gasteiger partial charge is 0.377 e. The van der Waals surface area contributed by atoms with Crippen LogP contribution in [0.3, 0.4) is 0 Å². The Balaban J connectivity index is 1.59. The maximum Gasteiger partial charge on any atom is 0.0777 e. The van der Waals surface area contributed by atoms with E-state index >= 15 is 0 Å². The van der Waals surface area contributed by atoms with Crippen molar-refractivity contribution < 1.29 is 4.74 Å². The highest BCUT2D eigenvalue weighted by atomic mass is 32.2. The molecule has 1 saturated heterocycles. The smallest absolute Gasteiger partial charge is 0.0777 e. The van der Waals surface area contributed by atoms with Gasteiger partial charge < -0.3 is 4.74 Å². The Labute approximate surface area is 120 Å². The lowest BCUT2D eigenvalue weighted by atomic mass is 9.94.